The number of likely N-dealkylation sites (tertiary alicyclic amines) is 1. The first-order chi connectivity index (χ1) is 9.06. The lowest BCUT2D eigenvalue weighted by Crippen LogP contribution is -2.38. The number of carbonyl (C=O) groups excluding carboxylic acids is 2. The quantitative estimate of drug-likeness (QED) is 0.826. The highest BCUT2D eigenvalue weighted by Gasteiger charge is 2.30. The first-order valence-corrected chi connectivity index (χ1v) is 6.33. The molecule has 0 saturated carbocycles. The first kappa shape index (κ1) is 13.8. The van der Waals surface area contributed by atoms with E-state index in [0.717, 1.165) is 4.90 Å². The van der Waals surface area contributed by atoms with E-state index in [1.165, 1.54) is 0 Å². The van der Waals surface area contributed by atoms with E-state index < -0.39 is 6.10 Å². The topological polar surface area (TPSA) is 66.8 Å². The number of rotatable bonds is 5. The summed E-state index contributed by atoms with van der Waals surface area (Å²) in [6, 6.07) is 6.72. The monoisotopic (exact) mass is 283 g/mol. The second kappa shape index (κ2) is 6.04. The third kappa shape index (κ3) is 3.68. The van der Waals surface area contributed by atoms with Crippen molar-refractivity contribution in [3.05, 3.63) is 29.3 Å². The second-order valence-electron chi connectivity index (χ2n) is 4.32. The van der Waals surface area contributed by atoms with Gasteiger partial charge < -0.3 is 9.84 Å². The van der Waals surface area contributed by atoms with Crippen LogP contribution in [-0.4, -0.2) is 41.1 Å². The molecule has 102 valence electrons. The van der Waals surface area contributed by atoms with Crippen molar-refractivity contribution in [3.8, 4) is 5.75 Å². The van der Waals surface area contributed by atoms with E-state index in [9.17, 15) is 14.7 Å². The van der Waals surface area contributed by atoms with E-state index in [0.29, 0.717) is 10.8 Å². The summed E-state index contributed by atoms with van der Waals surface area (Å²) >= 11 is 5.73. The number of β-amino-alcohol motifs (C(OH)–C–C–N with tert-alkyl or cyclic N) is 1. The fourth-order valence-corrected chi connectivity index (χ4v) is 1.94. The molecule has 0 aromatic heterocycles. The highest BCUT2D eigenvalue weighted by Crippen LogP contribution is 2.16. The van der Waals surface area contributed by atoms with Crippen molar-refractivity contribution in [1.29, 1.82) is 0 Å². The van der Waals surface area contributed by atoms with Gasteiger partial charge in [0.2, 0.25) is 11.8 Å². The Morgan fingerprint density at radius 3 is 2.37 bits per heavy atom. The third-order valence-corrected chi connectivity index (χ3v) is 3.06. The van der Waals surface area contributed by atoms with Crippen molar-refractivity contribution >= 4 is 23.4 Å². The van der Waals surface area contributed by atoms with Gasteiger partial charge in [-0.05, 0) is 24.3 Å². The van der Waals surface area contributed by atoms with Crippen molar-refractivity contribution in [2.45, 2.75) is 18.9 Å². The lowest BCUT2D eigenvalue weighted by Gasteiger charge is -2.18. The highest BCUT2D eigenvalue weighted by atomic mass is 35.5. The maximum Gasteiger partial charge on any atom is 0.229 e. The Morgan fingerprint density at radius 1 is 1.21 bits per heavy atom. The average molecular weight is 284 g/mol. The van der Waals surface area contributed by atoms with Gasteiger partial charge in [-0.2, -0.15) is 0 Å². The summed E-state index contributed by atoms with van der Waals surface area (Å²) in [5.74, 6) is 0.0913. The zero-order valence-electron chi connectivity index (χ0n) is 10.2. The van der Waals surface area contributed by atoms with Crippen molar-refractivity contribution in [2.24, 2.45) is 0 Å². The van der Waals surface area contributed by atoms with E-state index in [2.05, 4.69) is 0 Å². The number of carbonyl (C=O) groups is 2. The normalized spacial score (nSPS) is 16.8. The number of aliphatic hydroxyl groups excluding tert-OH is 1. The molecule has 1 N–H and O–H groups in total. The van der Waals surface area contributed by atoms with Crippen LogP contribution in [0.4, 0.5) is 0 Å². The van der Waals surface area contributed by atoms with Crippen molar-refractivity contribution in [1.82, 2.24) is 4.90 Å². The molecule has 1 saturated heterocycles. The van der Waals surface area contributed by atoms with Crippen LogP contribution in [0.3, 0.4) is 0 Å². The zero-order chi connectivity index (χ0) is 13.8. The van der Waals surface area contributed by atoms with Crippen LogP contribution in [0.5, 0.6) is 5.75 Å². The van der Waals surface area contributed by atoms with Gasteiger partial charge in [0.25, 0.3) is 0 Å². The Labute approximate surface area is 115 Å². The molecular weight excluding hydrogens is 270 g/mol. The van der Waals surface area contributed by atoms with Gasteiger partial charge >= 0.3 is 0 Å². The van der Waals surface area contributed by atoms with Crippen molar-refractivity contribution in [3.63, 3.8) is 0 Å². The van der Waals surface area contributed by atoms with E-state index in [4.69, 9.17) is 16.3 Å². The predicted molar refractivity (Wildman–Crippen MR) is 68.9 cm³/mol. The molecule has 0 bridgehead atoms. The summed E-state index contributed by atoms with van der Waals surface area (Å²) in [6.07, 6.45) is -0.450. The lowest BCUT2D eigenvalue weighted by molar-refractivity contribution is -0.140. The van der Waals surface area contributed by atoms with Crippen LogP contribution in [0.1, 0.15) is 12.8 Å². The molecule has 2 rings (SSSR count). The maximum atomic E-state index is 11.4. The number of ether oxygens (including phenoxy) is 1. The number of imide groups is 1. The molecule has 0 aliphatic carbocycles. The first-order valence-electron chi connectivity index (χ1n) is 5.96. The summed E-state index contributed by atoms with van der Waals surface area (Å²) < 4.78 is 5.35. The van der Waals surface area contributed by atoms with Gasteiger partial charge in [0.1, 0.15) is 18.5 Å². The molecule has 1 aliphatic heterocycles. The summed E-state index contributed by atoms with van der Waals surface area (Å²) in [6.45, 7) is -0.00997. The molecule has 2 amide bonds. The molecule has 0 radical (unpaired) electrons. The molecule has 1 aliphatic rings. The van der Waals surface area contributed by atoms with Crippen LogP contribution in [0.15, 0.2) is 24.3 Å². The number of nitrogens with zero attached hydrogens (tertiary/aromatic N) is 1. The van der Waals surface area contributed by atoms with Crippen LogP contribution in [0.2, 0.25) is 5.02 Å². The number of hydrogen-bond donors (Lipinski definition) is 1. The van der Waals surface area contributed by atoms with Crippen LogP contribution in [-0.2, 0) is 9.59 Å². The van der Waals surface area contributed by atoms with Gasteiger partial charge in [0.05, 0.1) is 6.54 Å². The Kier molecular flexibility index (Phi) is 4.39. The lowest BCUT2D eigenvalue weighted by atomic mass is 10.3. The molecule has 0 unspecified atom stereocenters. The molecule has 5 nitrogen and oxygen atoms in total. The molecule has 0 spiro atoms. The minimum Gasteiger partial charge on any atom is -0.491 e. The predicted octanol–water partition coefficient (Wildman–Crippen LogP) is 1.23. The molecule has 1 atom stereocenters. The summed E-state index contributed by atoms with van der Waals surface area (Å²) in [5, 5.41) is 10.4. The van der Waals surface area contributed by atoms with Crippen LogP contribution in [0, 0.1) is 0 Å². The fraction of sp³-hybridized carbons (Fsp3) is 0.385. The minimum absolute atomic E-state index is 0.0126. The van der Waals surface area contributed by atoms with Gasteiger partial charge in [0.15, 0.2) is 0 Å². The number of aliphatic hydroxyl groups is 1. The largest absolute Gasteiger partial charge is 0.491 e. The van der Waals surface area contributed by atoms with E-state index in [1.54, 1.807) is 24.3 Å². The van der Waals surface area contributed by atoms with Gasteiger partial charge in [-0.3, -0.25) is 14.5 Å². The molecule has 19 heavy (non-hydrogen) atoms. The zero-order valence-corrected chi connectivity index (χ0v) is 11.0. The summed E-state index contributed by atoms with van der Waals surface area (Å²) in [5.41, 5.74) is 0. The maximum absolute atomic E-state index is 11.4. The molecule has 1 aromatic carbocycles. The Hall–Kier alpha value is -1.59. The standard InChI is InChI=1S/C13H14ClNO4/c14-9-1-3-11(4-2-9)19-8-10(16)7-15-12(17)5-6-13(15)18/h1-4,10,16H,5-8H2/t10-/m1/s1. The van der Waals surface area contributed by atoms with Gasteiger partial charge in [-0.1, -0.05) is 11.6 Å². The van der Waals surface area contributed by atoms with Gasteiger partial charge in [0, 0.05) is 17.9 Å². The molecule has 6 heteroatoms. The third-order valence-electron chi connectivity index (χ3n) is 2.80. The second-order valence-corrected chi connectivity index (χ2v) is 4.75. The number of hydrogen-bond acceptors (Lipinski definition) is 4. The molecule has 1 heterocycles. The van der Waals surface area contributed by atoms with Gasteiger partial charge in [-0.15, -0.1) is 0 Å². The Bertz CT molecular complexity index is 458. The highest BCUT2D eigenvalue weighted by molar-refractivity contribution is 6.30. The molecule has 1 aromatic rings. The summed E-state index contributed by atoms with van der Waals surface area (Å²) in [4.78, 5) is 23.8. The number of halogens is 1. The SMILES string of the molecule is O=C1CCC(=O)N1C[C@@H](O)COc1ccc(Cl)cc1. The van der Waals surface area contributed by atoms with Gasteiger partial charge in [-0.25, -0.2) is 0 Å². The smallest absolute Gasteiger partial charge is 0.229 e. The van der Waals surface area contributed by atoms with E-state index in [1.807, 2.05) is 0 Å². The van der Waals surface area contributed by atoms with E-state index >= 15 is 0 Å². The Morgan fingerprint density at radius 2 is 1.79 bits per heavy atom. The Balaban J connectivity index is 1.81. The molecular formula is C13H14ClNO4. The van der Waals surface area contributed by atoms with Crippen LogP contribution in [0.25, 0.3) is 0 Å². The summed E-state index contributed by atoms with van der Waals surface area (Å²) in [7, 11) is 0. The van der Waals surface area contributed by atoms with Crippen molar-refractivity contribution in [2.75, 3.05) is 13.2 Å². The van der Waals surface area contributed by atoms with Crippen LogP contribution >= 0.6 is 11.6 Å². The minimum atomic E-state index is -0.901. The van der Waals surface area contributed by atoms with E-state index in [-0.39, 0.29) is 37.8 Å². The molecule has 1 fully saturated rings. The fourth-order valence-electron chi connectivity index (χ4n) is 1.81. The average Bonchev–Trinajstić information content (AvgIpc) is 2.70. The van der Waals surface area contributed by atoms with Crippen LogP contribution < -0.4 is 4.74 Å². The number of amides is 2. The van der Waals surface area contributed by atoms with Crippen molar-refractivity contribution < 1.29 is 19.4 Å². The number of benzene rings is 1.